The highest BCUT2D eigenvalue weighted by Gasteiger charge is 2.45. The molecule has 2 aliphatic rings. The molecule has 0 spiro atoms. The van der Waals surface area contributed by atoms with E-state index in [0.29, 0.717) is 53.1 Å². The molecule has 45 heavy (non-hydrogen) atoms. The van der Waals surface area contributed by atoms with Gasteiger partial charge in [0.15, 0.2) is 0 Å². The predicted molar refractivity (Wildman–Crippen MR) is 172 cm³/mol. The Bertz CT molecular complexity index is 1690. The summed E-state index contributed by atoms with van der Waals surface area (Å²) in [4.78, 5) is 31.2. The smallest absolute Gasteiger partial charge is 0.257 e. The topological polar surface area (TPSA) is 119 Å². The molecule has 6 rings (SSSR count). The predicted octanol–water partition coefficient (Wildman–Crippen LogP) is 4.67. The fraction of sp³-hybridized carbons (Fsp3) is 0.364. The number of carbonyl (C=O) groups excluding carboxylic acids is 2. The number of piperidine rings is 1. The van der Waals surface area contributed by atoms with Gasteiger partial charge in [-0.15, -0.1) is 5.10 Å². The molecule has 12 heteroatoms. The minimum absolute atomic E-state index is 0.140. The monoisotopic (exact) mass is 647 g/mol. The summed E-state index contributed by atoms with van der Waals surface area (Å²) < 4.78 is 7.08. The van der Waals surface area contributed by atoms with Crippen molar-refractivity contribution in [2.24, 2.45) is 5.73 Å². The van der Waals surface area contributed by atoms with E-state index in [1.165, 1.54) is 11.0 Å². The summed E-state index contributed by atoms with van der Waals surface area (Å²) in [6, 6.07) is 20.9. The Labute approximate surface area is 272 Å². The summed E-state index contributed by atoms with van der Waals surface area (Å²) in [7, 11) is 1.55. The number of carbonyl (C=O) groups is 2. The SMILES string of the molecule is COc1ccc(-n2cnnn2)cc1C(=O)N1CCC(CCN2CCCC(C(N)=O)(c3ccccc3)C2)(c2ccc(Cl)c(Cl)c2)C1. The van der Waals surface area contributed by atoms with Gasteiger partial charge in [0.25, 0.3) is 5.91 Å². The first-order valence-electron chi connectivity index (χ1n) is 15.0. The van der Waals surface area contributed by atoms with Crippen molar-refractivity contribution in [3.63, 3.8) is 0 Å². The lowest BCUT2D eigenvalue weighted by Crippen LogP contribution is -2.54. The average molecular weight is 649 g/mol. The Morgan fingerprint density at radius 2 is 1.78 bits per heavy atom. The van der Waals surface area contributed by atoms with E-state index in [2.05, 4.69) is 20.4 Å². The molecule has 3 aromatic carbocycles. The molecule has 10 nitrogen and oxygen atoms in total. The summed E-state index contributed by atoms with van der Waals surface area (Å²) in [5.74, 6) is 0.0347. The van der Waals surface area contributed by atoms with Gasteiger partial charge in [-0.1, -0.05) is 59.6 Å². The first-order chi connectivity index (χ1) is 21.7. The van der Waals surface area contributed by atoms with Gasteiger partial charge in [0.1, 0.15) is 12.1 Å². The third-order valence-electron chi connectivity index (χ3n) is 9.48. The number of tetrazole rings is 1. The Kier molecular flexibility index (Phi) is 8.81. The van der Waals surface area contributed by atoms with Crippen LogP contribution in [-0.2, 0) is 15.6 Å². The molecule has 3 heterocycles. The van der Waals surface area contributed by atoms with Crippen molar-refractivity contribution in [2.45, 2.75) is 36.5 Å². The Balaban J connectivity index is 1.27. The van der Waals surface area contributed by atoms with Crippen LogP contribution in [-0.4, -0.2) is 81.7 Å². The molecule has 0 bridgehead atoms. The molecule has 2 aliphatic heterocycles. The molecule has 234 valence electrons. The van der Waals surface area contributed by atoms with Gasteiger partial charge < -0.3 is 20.3 Å². The van der Waals surface area contributed by atoms with Crippen LogP contribution in [0.2, 0.25) is 10.0 Å². The summed E-state index contributed by atoms with van der Waals surface area (Å²) in [6.45, 7) is 3.17. The van der Waals surface area contributed by atoms with Crippen LogP contribution in [0, 0.1) is 0 Å². The van der Waals surface area contributed by atoms with E-state index >= 15 is 0 Å². The van der Waals surface area contributed by atoms with Crippen LogP contribution in [0.4, 0.5) is 0 Å². The van der Waals surface area contributed by atoms with E-state index in [4.69, 9.17) is 33.7 Å². The minimum Gasteiger partial charge on any atom is -0.496 e. The van der Waals surface area contributed by atoms with E-state index in [0.717, 1.165) is 43.5 Å². The number of primary amides is 1. The minimum atomic E-state index is -0.741. The molecule has 0 aliphatic carbocycles. The number of aromatic nitrogens is 4. The second-order valence-electron chi connectivity index (χ2n) is 12.0. The maximum absolute atomic E-state index is 14.1. The van der Waals surface area contributed by atoms with Crippen molar-refractivity contribution in [1.29, 1.82) is 0 Å². The number of hydrogen-bond acceptors (Lipinski definition) is 7. The lowest BCUT2D eigenvalue weighted by molar-refractivity contribution is -0.125. The number of benzene rings is 3. The Morgan fingerprint density at radius 1 is 0.956 bits per heavy atom. The number of amides is 2. The molecule has 1 aromatic heterocycles. The van der Waals surface area contributed by atoms with E-state index in [9.17, 15) is 9.59 Å². The van der Waals surface area contributed by atoms with Gasteiger partial charge >= 0.3 is 0 Å². The molecular weight excluding hydrogens is 613 g/mol. The first-order valence-corrected chi connectivity index (χ1v) is 15.7. The molecule has 2 saturated heterocycles. The highest BCUT2D eigenvalue weighted by molar-refractivity contribution is 6.42. The number of likely N-dealkylation sites (tertiary alicyclic amines) is 2. The number of nitrogens with zero attached hydrogens (tertiary/aromatic N) is 6. The van der Waals surface area contributed by atoms with Gasteiger partial charge in [-0.05, 0) is 90.7 Å². The van der Waals surface area contributed by atoms with Gasteiger partial charge in [-0.25, -0.2) is 4.68 Å². The Hall–Kier alpha value is -3.99. The van der Waals surface area contributed by atoms with Crippen molar-refractivity contribution in [3.8, 4) is 11.4 Å². The average Bonchev–Trinajstić information content (AvgIpc) is 3.77. The lowest BCUT2D eigenvalue weighted by atomic mass is 9.72. The Morgan fingerprint density at radius 3 is 2.49 bits per heavy atom. The van der Waals surface area contributed by atoms with Crippen LogP contribution in [0.15, 0.2) is 73.1 Å². The number of methoxy groups -OCH3 is 1. The third-order valence-corrected chi connectivity index (χ3v) is 10.2. The maximum atomic E-state index is 14.1. The summed E-state index contributed by atoms with van der Waals surface area (Å²) in [5.41, 5.74) is 8.02. The molecule has 2 atom stereocenters. The van der Waals surface area contributed by atoms with Gasteiger partial charge in [0, 0.05) is 25.0 Å². The second kappa shape index (κ2) is 12.8. The van der Waals surface area contributed by atoms with Crippen LogP contribution < -0.4 is 10.5 Å². The number of ether oxygens (including phenoxy) is 1. The van der Waals surface area contributed by atoms with Gasteiger partial charge in [-0.2, -0.15) is 0 Å². The number of rotatable bonds is 9. The number of hydrogen-bond donors (Lipinski definition) is 1. The molecule has 4 aromatic rings. The number of halogens is 2. The zero-order valence-corrected chi connectivity index (χ0v) is 26.5. The summed E-state index contributed by atoms with van der Waals surface area (Å²) in [6.07, 6.45) is 4.54. The first kappa shape index (κ1) is 31.0. The van der Waals surface area contributed by atoms with E-state index < -0.39 is 5.41 Å². The van der Waals surface area contributed by atoms with Crippen LogP contribution in [0.25, 0.3) is 5.69 Å². The second-order valence-corrected chi connectivity index (χ2v) is 12.8. The molecule has 2 N–H and O–H groups in total. The molecule has 0 saturated carbocycles. The zero-order chi connectivity index (χ0) is 31.6. The van der Waals surface area contributed by atoms with Crippen molar-refractivity contribution in [2.75, 3.05) is 39.8 Å². The highest BCUT2D eigenvalue weighted by Crippen LogP contribution is 2.42. The number of nitrogens with two attached hydrogens (primary N) is 1. The summed E-state index contributed by atoms with van der Waals surface area (Å²) in [5, 5.41) is 12.3. The van der Waals surface area contributed by atoms with Crippen LogP contribution in [0.1, 0.15) is 47.2 Å². The van der Waals surface area contributed by atoms with Crippen molar-refractivity contribution < 1.29 is 14.3 Å². The van der Waals surface area contributed by atoms with E-state index in [1.54, 1.807) is 25.3 Å². The quantitative estimate of drug-likeness (QED) is 0.280. The molecule has 2 fully saturated rings. The van der Waals surface area contributed by atoms with Crippen LogP contribution in [0.5, 0.6) is 5.75 Å². The zero-order valence-electron chi connectivity index (χ0n) is 25.0. The normalized spacial score (nSPS) is 22.0. The summed E-state index contributed by atoms with van der Waals surface area (Å²) >= 11 is 12.9. The standard InChI is InChI=1S/C33H35Cl2N7O3/c1-45-29-11-9-25(42-22-37-38-39-42)19-26(29)30(43)41-17-14-32(20-41,24-8-10-27(34)28(35)18-24)13-16-40-15-5-12-33(21-40,31(36)44)23-6-3-2-4-7-23/h2-4,6-11,18-19,22H,5,12-17,20-21H2,1H3,(H2,36,44). The molecule has 0 radical (unpaired) electrons. The molecular formula is C33H35Cl2N7O3. The third kappa shape index (κ3) is 6.02. The van der Waals surface area contributed by atoms with Crippen molar-refractivity contribution in [1.82, 2.24) is 30.0 Å². The highest BCUT2D eigenvalue weighted by atomic mass is 35.5. The maximum Gasteiger partial charge on any atom is 0.257 e. The van der Waals surface area contributed by atoms with Crippen LogP contribution in [0.3, 0.4) is 0 Å². The largest absolute Gasteiger partial charge is 0.496 e. The molecule has 2 unspecified atom stereocenters. The van der Waals surface area contributed by atoms with Crippen molar-refractivity contribution in [3.05, 3.63) is 99.8 Å². The molecule has 2 amide bonds. The van der Waals surface area contributed by atoms with Crippen LogP contribution >= 0.6 is 23.2 Å². The lowest BCUT2D eigenvalue weighted by Gasteiger charge is -2.42. The van der Waals surface area contributed by atoms with Gasteiger partial charge in [0.05, 0.1) is 33.8 Å². The fourth-order valence-electron chi connectivity index (χ4n) is 6.95. The van der Waals surface area contributed by atoms with E-state index in [1.807, 2.05) is 53.4 Å². The van der Waals surface area contributed by atoms with Gasteiger partial charge in [0.2, 0.25) is 5.91 Å². The van der Waals surface area contributed by atoms with E-state index in [-0.39, 0.29) is 17.2 Å². The fourth-order valence-corrected chi connectivity index (χ4v) is 7.25. The van der Waals surface area contributed by atoms with Gasteiger partial charge in [-0.3, -0.25) is 9.59 Å². The van der Waals surface area contributed by atoms with Crippen molar-refractivity contribution >= 4 is 35.0 Å².